The van der Waals surface area contributed by atoms with Gasteiger partial charge in [-0.05, 0) is 26.8 Å². The molecule has 0 aliphatic carbocycles. The van der Waals surface area contributed by atoms with Gasteiger partial charge in [0.1, 0.15) is 17.5 Å². The molecule has 0 saturated carbocycles. The first-order chi connectivity index (χ1) is 9.22. The topological polar surface area (TPSA) is 35.5 Å². The van der Waals surface area contributed by atoms with E-state index in [4.69, 9.17) is 0 Å². The van der Waals surface area contributed by atoms with Crippen LogP contribution in [0.3, 0.4) is 0 Å². The fraction of sp³-hybridized carbons (Fsp3) is 0.714. The maximum absolute atomic E-state index is 4.62. The first-order valence-corrected chi connectivity index (χ1v) is 7.26. The van der Waals surface area contributed by atoms with E-state index in [1.807, 2.05) is 6.92 Å². The molecule has 2 fully saturated rings. The maximum Gasteiger partial charge on any atom is 0.134 e. The van der Waals surface area contributed by atoms with Gasteiger partial charge in [-0.3, -0.25) is 0 Å². The number of nitrogens with zero attached hydrogens (tertiary/aromatic N) is 5. The molecular weight excluding hydrogens is 238 g/mol. The molecule has 1 aromatic heterocycles. The lowest BCUT2D eigenvalue weighted by Gasteiger charge is -2.33. The summed E-state index contributed by atoms with van der Waals surface area (Å²) in [4.78, 5) is 16.4. The predicted molar refractivity (Wildman–Crippen MR) is 77.9 cm³/mol. The van der Waals surface area contributed by atoms with Gasteiger partial charge in [-0.25, -0.2) is 9.97 Å². The van der Waals surface area contributed by atoms with Gasteiger partial charge >= 0.3 is 0 Å². The van der Waals surface area contributed by atoms with E-state index in [0.29, 0.717) is 0 Å². The number of likely N-dealkylation sites (N-methyl/N-ethyl adjacent to an activating group) is 1. The Kier molecular flexibility index (Phi) is 3.55. The molecule has 5 heteroatoms. The minimum Gasteiger partial charge on any atom is -0.356 e. The highest BCUT2D eigenvalue weighted by Gasteiger charge is 2.19. The molecule has 2 aliphatic rings. The van der Waals surface area contributed by atoms with Gasteiger partial charge in [0.05, 0.1) is 0 Å². The van der Waals surface area contributed by atoms with Crippen molar-refractivity contribution in [2.45, 2.75) is 19.8 Å². The largest absolute Gasteiger partial charge is 0.356 e. The fourth-order valence-electron chi connectivity index (χ4n) is 2.84. The van der Waals surface area contributed by atoms with Crippen LogP contribution in [-0.4, -0.2) is 61.2 Å². The summed E-state index contributed by atoms with van der Waals surface area (Å²) in [5.41, 5.74) is 0. The van der Waals surface area contributed by atoms with Crippen LogP contribution < -0.4 is 9.80 Å². The molecule has 0 N–H and O–H groups in total. The Balaban J connectivity index is 1.80. The minimum absolute atomic E-state index is 0.887. The number of hydrogen-bond donors (Lipinski definition) is 0. The molecular formula is C14H23N5. The Morgan fingerprint density at radius 3 is 1.95 bits per heavy atom. The average Bonchev–Trinajstić information content (AvgIpc) is 2.93. The van der Waals surface area contributed by atoms with Crippen LogP contribution in [0.5, 0.6) is 0 Å². The Morgan fingerprint density at radius 1 is 0.842 bits per heavy atom. The number of piperazine rings is 1. The summed E-state index contributed by atoms with van der Waals surface area (Å²) in [6, 6.07) is 2.17. The van der Waals surface area contributed by atoms with E-state index in [-0.39, 0.29) is 0 Å². The molecule has 2 aliphatic heterocycles. The quantitative estimate of drug-likeness (QED) is 0.797. The molecule has 0 amide bonds. The van der Waals surface area contributed by atoms with Gasteiger partial charge in [-0.2, -0.15) is 0 Å². The van der Waals surface area contributed by atoms with Crippen molar-refractivity contribution in [1.82, 2.24) is 14.9 Å². The van der Waals surface area contributed by atoms with E-state index in [2.05, 4.69) is 37.8 Å². The Morgan fingerprint density at radius 2 is 1.37 bits per heavy atom. The molecule has 0 atom stereocenters. The average molecular weight is 261 g/mol. The second kappa shape index (κ2) is 5.33. The highest BCUT2D eigenvalue weighted by atomic mass is 15.3. The molecule has 0 spiro atoms. The van der Waals surface area contributed by atoms with Gasteiger partial charge in [-0.1, -0.05) is 0 Å². The number of rotatable bonds is 2. The summed E-state index contributed by atoms with van der Waals surface area (Å²) in [5, 5.41) is 0. The molecule has 0 aromatic carbocycles. The summed E-state index contributed by atoms with van der Waals surface area (Å²) < 4.78 is 0. The van der Waals surface area contributed by atoms with Crippen LogP contribution in [0.4, 0.5) is 11.6 Å². The van der Waals surface area contributed by atoms with Crippen molar-refractivity contribution in [2.24, 2.45) is 0 Å². The van der Waals surface area contributed by atoms with Crippen LogP contribution in [0.25, 0.3) is 0 Å². The van der Waals surface area contributed by atoms with Crippen LogP contribution >= 0.6 is 0 Å². The molecule has 0 radical (unpaired) electrons. The van der Waals surface area contributed by atoms with E-state index < -0.39 is 0 Å². The second-order valence-electron chi connectivity index (χ2n) is 5.62. The summed E-state index contributed by atoms with van der Waals surface area (Å²) in [5.74, 6) is 3.10. The Bertz CT molecular complexity index is 433. The molecule has 104 valence electrons. The van der Waals surface area contributed by atoms with Crippen molar-refractivity contribution < 1.29 is 0 Å². The number of anilines is 2. The molecule has 19 heavy (non-hydrogen) atoms. The monoisotopic (exact) mass is 261 g/mol. The minimum atomic E-state index is 0.887. The predicted octanol–water partition coefficient (Wildman–Crippen LogP) is 1.14. The van der Waals surface area contributed by atoms with Crippen molar-refractivity contribution in [3.8, 4) is 0 Å². The van der Waals surface area contributed by atoms with Crippen molar-refractivity contribution >= 4 is 11.6 Å². The standard InChI is InChI=1S/C14H23N5/c1-12-15-13(18-5-3-4-6-18)11-14(16-12)19-9-7-17(2)8-10-19/h11H,3-10H2,1-2H3. The third-order valence-corrected chi connectivity index (χ3v) is 4.07. The zero-order chi connectivity index (χ0) is 13.2. The second-order valence-corrected chi connectivity index (χ2v) is 5.62. The van der Waals surface area contributed by atoms with Gasteiger partial charge in [-0.15, -0.1) is 0 Å². The normalized spacial score (nSPS) is 21.2. The van der Waals surface area contributed by atoms with Gasteiger partial charge in [0.2, 0.25) is 0 Å². The Hall–Kier alpha value is -1.36. The number of hydrogen-bond acceptors (Lipinski definition) is 5. The van der Waals surface area contributed by atoms with Crippen molar-refractivity contribution in [3.05, 3.63) is 11.9 Å². The van der Waals surface area contributed by atoms with Crippen LogP contribution in [0, 0.1) is 6.92 Å². The summed E-state index contributed by atoms with van der Waals surface area (Å²) in [6.45, 7) is 8.62. The third kappa shape index (κ3) is 2.81. The third-order valence-electron chi connectivity index (χ3n) is 4.07. The van der Waals surface area contributed by atoms with E-state index in [1.165, 1.54) is 12.8 Å². The smallest absolute Gasteiger partial charge is 0.134 e. The lowest BCUT2D eigenvalue weighted by Crippen LogP contribution is -2.45. The molecule has 0 unspecified atom stereocenters. The molecule has 5 nitrogen and oxygen atoms in total. The van der Waals surface area contributed by atoms with E-state index in [1.54, 1.807) is 0 Å². The van der Waals surface area contributed by atoms with Crippen LogP contribution in [0.1, 0.15) is 18.7 Å². The molecule has 2 saturated heterocycles. The van der Waals surface area contributed by atoms with E-state index in [0.717, 1.165) is 56.7 Å². The summed E-state index contributed by atoms with van der Waals surface area (Å²) >= 11 is 0. The van der Waals surface area contributed by atoms with Crippen molar-refractivity contribution in [3.63, 3.8) is 0 Å². The molecule has 1 aromatic rings. The number of aromatic nitrogens is 2. The van der Waals surface area contributed by atoms with Crippen molar-refractivity contribution in [2.75, 3.05) is 56.1 Å². The zero-order valence-corrected chi connectivity index (χ0v) is 12.0. The fourth-order valence-corrected chi connectivity index (χ4v) is 2.84. The first-order valence-electron chi connectivity index (χ1n) is 7.26. The highest BCUT2D eigenvalue weighted by molar-refractivity contribution is 5.51. The van der Waals surface area contributed by atoms with E-state index >= 15 is 0 Å². The lowest BCUT2D eigenvalue weighted by molar-refractivity contribution is 0.312. The molecule has 3 rings (SSSR count). The first kappa shape index (κ1) is 12.7. The lowest BCUT2D eigenvalue weighted by atomic mass is 10.3. The highest BCUT2D eigenvalue weighted by Crippen LogP contribution is 2.23. The SMILES string of the molecule is Cc1nc(N2CCCC2)cc(N2CCN(C)CC2)n1. The van der Waals surface area contributed by atoms with Gasteiger partial charge < -0.3 is 14.7 Å². The van der Waals surface area contributed by atoms with Crippen molar-refractivity contribution in [1.29, 1.82) is 0 Å². The van der Waals surface area contributed by atoms with Gasteiger partial charge in [0.15, 0.2) is 0 Å². The van der Waals surface area contributed by atoms with Gasteiger partial charge in [0, 0.05) is 45.3 Å². The Labute approximate surface area is 115 Å². The number of aryl methyl sites for hydroxylation is 1. The molecule has 3 heterocycles. The van der Waals surface area contributed by atoms with Crippen LogP contribution in [0.15, 0.2) is 6.07 Å². The van der Waals surface area contributed by atoms with E-state index in [9.17, 15) is 0 Å². The van der Waals surface area contributed by atoms with Gasteiger partial charge in [0.25, 0.3) is 0 Å². The molecule has 0 bridgehead atoms. The van der Waals surface area contributed by atoms with Crippen LogP contribution in [-0.2, 0) is 0 Å². The summed E-state index contributed by atoms with van der Waals surface area (Å²) in [7, 11) is 2.18. The van der Waals surface area contributed by atoms with Crippen LogP contribution in [0.2, 0.25) is 0 Å². The summed E-state index contributed by atoms with van der Waals surface area (Å²) in [6.07, 6.45) is 2.57. The maximum atomic E-state index is 4.62. The zero-order valence-electron chi connectivity index (χ0n) is 12.0.